The Kier molecular flexibility index (Phi) is 4.63. The number of methoxy groups -OCH3 is 1. The summed E-state index contributed by atoms with van der Waals surface area (Å²) >= 11 is 0. The molecule has 0 aromatic heterocycles. The third-order valence-electron chi connectivity index (χ3n) is 5.12. The molecule has 1 aliphatic heterocycles. The van der Waals surface area contributed by atoms with Crippen LogP contribution in [0.4, 0.5) is 0 Å². The minimum Gasteiger partial charge on any atom is -0.464 e. The first-order valence-corrected chi connectivity index (χ1v) is 8.72. The van der Waals surface area contributed by atoms with Gasteiger partial charge >= 0.3 is 5.97 Å². The zero-order valence-corrected chi connectivity index (χ0v) is 15.8. The number of hydrogen-bond acceptors (Lipinski definition) is 6. The average Bonchev–Trinajstić information content (AvgIpc) is 2.59. The number of ketones is 1. The minimum absolute atomic E-state index is 0.149. The third-order valence-corrected chi connectivity index (χ3v) is 5.12. The third kappa shape index (κ3) is 3.25. The van der Waals surface area contributed by atoms with Crippen molar-refractivity contribution in [3.63, 3.8) is 0 Å². The summed E-state index contributed by atoms with van der Waals surface area (Å²) < 4.78 is 4.74. The van der Waals surface area contributed by atoms with Crippen molar-refractivity contribution in [3.8, 4) is 0 Å². The minimum atomic E-state index is -0.857. The average molecular weight is 370 g/mol. The van der Waals surface area contributed by atoms with Crippen molar-refractivity contribution in [3.05, 3.63) is 68.2 Å². The van der Waals surface area contributed by atoms with E-state index in [4.69, 9.17) is 4.74 Å². The largest absolute Gasteiger partial charge is 0.464 e. The Morgan fingerprint density at radius 3 is 2.56 bits per heavy atom. The van der Waals surface area contributed by atoms with Crippen LogP contribution in [0.2, 0.25) is 0 Å². The van der Waals surface area contributed by atoms with Gasteiger partial charge in [0.25, 0.3) is 5.70 Å². The maximum Gasteiger partial charge on any atom is 0.361 e. The summed E-state index contributed by atoms with van der Waals surface area (Å²) in [6, 6.07) is 7.32. The van der Waals surface area contributed by atoms with Crippen molar-refractivity contribution < 1.29 is 19.2 Å². The van der Waals surface area contributed by atoms with Gasteiger partial charge in [0.1, 0.15) is 5.92 Å². The molecule has 2 aliphatic rings. The molecule has 0 saturated carbocycles. The molecule has 7 nitrogen and oxygen atoms in total. The standard InChI is InChI=1S/C20H22N2O5/c1-11-7-5-6-8-12(11)15-13-9-20(2,3)10-14(23)16(13)21-17(19(24)27-4)18(15)22(25)26/h5-8,15,21H,9-10H2,1-4H3. The van der Waals surface area contributed by atoms with Gasteiger partial charge in [0, 0.05) is 6.42 Å². The van der Waals surface area contributed by atoms with Gasteiger partial charge in [-0.2, -0.15) is 0 Å². The van der Waals surface area contributed by atoms with E-state index in [1.165, 1.54) is 0 Å². The highest BCUT2D eigenvalue weighted by atomic mass is 16.6. The van der Waals surface area contributed by atoms with Crippen molar-refractivity contribution in [1.82, 2.24) is 5.32 Å². The van der Waals surface area contributed by atoms with E-state index < -0.39 is 16.8 Å². The van der Waals surface area contributed by atoms with Crippen LogP contribution in [0.15, 0.2) is 46.9 Å². The first kappa shape index (κ1) is 18.8. The molecule has 1 unspecified atom stereocenters. The molecule has 0 fully saturated rings. The van der Waals surface area contributed by atoms with Crippen LogP contribution in [0.1, 0.15) is 43.7 Å². The SMILES string of the molecule is COC(=O)C1=C([N+](=O)[O-])C(c2ccccc2C)C2=C(N1)C(=O)CC(C)(C)C2. The van der Waals surface area contributed by atoms with Gasteiger partial charge in [0.2, 0.25) is 5.70 Å². The number of nitro groups is 1. The topological polar surface area (TPSA) is 98.5 Å². The number of dihydropyridines is 1. The predicted octanol–water partition coefficient (Wildman–Crippen LogP) is 2.99. The molecule has 1 aromatic carbocycles. The first-order valence-electron chi connectivity index (χ1n) is 8.72. The molecule has 0 amide bonds. The van der Waals surface area contributed by atoms with Crippen LogP contribution in [0, 0.1) is 22.5 Å². The van der Waals surface area contributed by atoms with E-state index >= 15 is 0 Å². The van der Waals surface area contributed by atoms with Gasteiger partial charge in [-0.3, -0.25) is 14.9 Å². The summed E-state index contributed by atoms with van der Waals surface area (Å²) in [6.45, 7) is 5.80. The smallest absolute Gasteiger partial charge is 0.361 e. The number of carbonyl (C=O) groups is 2. The van der Waals surface area contributed by atoms with Crippen molar-refractivity contribution in [2.75, 3.05) is 7.11 Å². The van der Waals surface area contributed by atoms with Crippen LogP contribution in [0.25, 0.3) is 0 Å². The van der Waals surface area contributed by atoms with Crippen molar-refractivity contribution >= 4 is 11.8 Å². The first-order chi connectivity index (χ1) is 12.7. The van der Waals surface area contributed by atoms with E-state index in [0.29, 0.717) is 24.0 Å². The second-order valence-corrected chi connectivity index (χ2v) is 7.76. The van der Waals surface area contributed by atoms with Gasteiger partial charge in [-0.25, -0.2) is 4.79 Å². The van der Waals surface area contributed by atoms with E-state index in [0.717, 1.165) is 12.7 Å². The lowest BCUT2D eigenvalue weighted by atomic mass is 9.68. The van der Waals surface area contributed by atoms with Gasteiger partial charge in [-0.05, 0) is 35.5 Å². The van der Waals surface area contributed by atoms with Crippen LogP contribution in [0.3, 0.4) is 0 Å². The fourth-order valence-corrected chi connectivity index (χ4v) is 3.96. The molecular formula is C20H22N2O5. The number of allylic oxidation sites excluding steroid dienone is 2. The fourth-order valence-electron chi connectivity index (χ4n) is 3.96. The highest BCUT2D eigenvalue weighted by Crippen LogP contribution is 2.48. The van der Waals surface area contributed by atoms with E-state index in [2.05, 4.69) is 5.32 Å². The van der Waals surface area contributed by atoms with E-state index in [1.807, 2.05) is 32.9 Å². The van der Waals surface area contributed by atoms with Crippen LogP contribution in [-0.2, 0) is 14.3 Å². The summed E-state index contributed by atoms with van der Waals surface area (Å²) in [5, 5.41) is 14.7. The molecule has 3 rings (SSSR count). The van der Waals surface area contributed by atoms with Gasteiger partial charge in [-0.1, -0.05) is 38.1 Å². The summed E-state index contributed by atoms with van der Waals surface area (Å²) in [4.78, 5) is 36.5. The van der Waals surface area contributed by atoms with E-state index in [9.17, 15) is 19.7 Å². The highest BCUT2D eigenvalue weighted by molar-refractivity contribution is 6.01. The second-order valence-electron chi connectivity index (χ2n) is 7.76. The molecule has 7 heteroatoms. The molecule has 0 radical (unpaired) electrons. The number of esters is 1. The highest BCUT2D eigenvalue weighted by Gasteiger charge is 2.47. The van der Waals surface area contributed by atoms with E-state index in [-0.39, 0.29) is 28.3 Å². The number of hydrogen-bond donors (Lipinski definition) is 1. The molecule has 27 heavy (non-hydrogen) atoms. The normalized spacial score (nSPS) is 21.5. The molecule has 0 spiro atoms. The Morgan fingerprint density at radius 1 is 1.30 bits per heavy atom. The van der Waals surface area contributed by atoms with Crippen molar-refractivity contribution in [1.29, 1.82) is 0 Å². The number of carbonyl (C=O) groups excluding carboxylic acids is 2. The number of Topliss-reactive ketones (excluding diaryl/α,β-unsaturated/α-hetero) is 1. The predicted molar refractivity (Wildman–Crippen MR) is 98.1 cm³/mol. The molecule has 0 bridgehead atoms. The summed E-state index contributed by atoms with van der Waals surface area (Å²) in [5.41, 5.74) is 1.64. The lowest BCUT2D eigenvalue weighted by Crippen LogP contribution is -2.41. The number of nitrogens with zero attached hydrogens (tertiary/aromatic N) is 1. The van der Waals surface area contributed by atoms with Gasteiger partial charge in [0.15, 0.2) is 5.78 Å². The van der Waals surface area contributed by atoms with Crippen LogP contribution < -0.4 is 5.32 Å². The Bertz CT molecular complexity index is 911. The number of benzene rings is 1. The lowest BCUT2D eigenvalue weighted by Gasteiger charge is -2.38. The Morgan fingerprint density at radius 2 is 1.96 bits per heavy atom. The van der Waals surface area contributed by atoms with E-state index in [1.54, 1.807) is 12.1 Å². The maximum absolute atomic E-state index is 12.8. The van der Waals surface area contributed by atoms with Gasteiger partial charge < -0.3 is 10.1 Å². The van der Waals surface area contributed by atoms with Crippen molar-refractivity contribution in [2.45, 2.75) is 39.5 Å². The molecule has 1 atom stereocenters. The zero-order valence-electron chi connectivity index (χ0n) is 15.8. The van der Waals surface area contributed by atoms with Crippen LogP contribution in [-0.4, -0.2) is 23.8 Å². The monoisotopic (exact) mass is 370 g/mol. The van der Waals surface area contributed by atoms with Gasteiger partial charge in [0.05, 0.1) is 17.7 Å². The van der Waals surface area contributed by atoms with Crippen molar-refractivity contribution in [2.24, 2.45) is 5.41 Å². The second kappa shape index (κ2) is 6.64. The molecule has 142 valence electrons. The molecule has 0 saturated heterocycles. The summed E-state index contributed by atoms with van der Waals surface area (Å²) in [6.07, 6.45) is 0.827. The van der Waals surface area contributed by atoms with Gasteiger partial charge in [-0.15, -0.1) is 0 Å². The summed E-state index contributed by atoms with van der Waals surface area (Å²) in [7, 11) is 1.16. The number of nitrogens with one attached hydrogen (secondary N) is 1. The van der Waals surface area contributed by atoms with Crippen LogP contribution >= 0.6 is 0 Å². The quantitative estimate of drug-likeness (QED) is 0.499. The molecule has 1 N–H and O–H groups in total. The molecule has 1 aliphatic carbocycles. The maximum atomic E-state index is 12.8. The fraction of sp³-hybridized carbons (Fsp3) is 0.400. The molecule has 1 aromatic rings. The van der Waals surface area contributed by atoms with Crippen LogP contribution in [0.5, 0.6) is 0 Å². The number of aryl methyl sites for hydroxylation is 1. The Labute approximate surface area is 157 Å². The number of ether oxygens (including phenoxy) is 1. The number of rotatable bonds is 3. The Hall–Kier alpha value is -2.96. The lowest BCUT2D eigenvalue weighted by molar-refractivity contribution is -0.430. The molecular weight excluding hydrogens is 348 g/mol. The zero-order chi connectivity index (χ0) is 19.9. The molecule has 1 heterocycles. The Balaban J connectivity index is 2.31. The summed E-state index contributed by atoms with van der Waals surface area (Å²) in [5.74, 6) is -1.79.